The normalized spacial score (nSPS) is 20.5. The monoisotopic (exact) mass is 321 g/mol. The predicted molar refractivity (Wildman–Crippen MR) is 102 cm³/mol. The van der Waals surface area contributed by atoms with Gasteiger partial charge in [-0.3, -0.25) is 9.80 Å². The minimum Gasteiger partial charge on any atom is -0.361 e. The van der Waals surface area contributed by atoms with Gasteiger partial charge in [-0.25, -0.2) is 0 Å². The molecule has 0 atom stereocenters. The Balaban J connectivity index is 0.00000127. The van der Waals surface area contributed by atoms with Crippen LogP contribution < -0.4 is 0 Å². The molecule has 3 nitrogen and oxygen atoms in total. The van der Waals surface area contributed by atoms with Gasteiger partial charge in [0, 0.05) is 31.9 Å². The van der Waals surface area contributed by atoms with E-state index in [1.807, 2.05) is 13.8 Å². The zero-order chi connectivity index (χ0) is 17.4. The maximum atomic E-state index is 4.21. The van der Waals surface area contributed by atoms with Gasteiger partial charge in [0.05, 0.1) is 6.67 Å². The van der Waals surface area contributed by atoms with Gasteiger partial charge in [-0.05, 0) is 44.7 Å². The van der Waals surface area contributed by atoms with E-state index in [1.165, 1.54) is 50.3 Å². The third kappa shape index (κ3) is 6.68. The summed E-state index contributed by atoms with van der Waals surface area (Å²) < 4.78 is 0. The maximum Gasteiger partial charge on any atom is 0.0705 e. The minimum absolute atomic E-state index is 0.612. The Bertz CT molecular complexity index is 367. The van der Waals surface area contributed by atoms with Crippen molar-refractivity contribution in [3.63, 3.8) is 0 Å². The second kappa shape index (κ2) is 10.1. The molecule has 0 N–H and O–H groups in total. The van der Waals surface area contributed by atoms with E-state index in [4.69, 9.17) is 0 Å². The summed E-state index contributed by atoms with van der Waals surface area (Å²) in [5.41, 5.74) is 2.59. The van der Waals surface area contributed by atoms with Crippen LogP contribution in [0.1, 0.15) is 47.5 Å². The summed E-state index contributed by atoms with van der Waals surface area (Å²) in [6.07, 6.45) is 2.68. The molecule has 2 heterocycles. The van der Waals surface area contributed by atoms with Crippen LogP contribution in [0, 0.1) is 11.8 Å². The van der Waals surface area contributed by atoms with Crippen LogP contribution in [0.4, 0.5) is 0 Å². The molecule has 0 saturated carbocycles. The van der Waals surface area contributed by atoms with E-state index in [0.29, 0.717) is 5.92 Å². The zero-order valence-corrected chi connectivity index (χ0v) is 16.3. The Labute approximate surface area is 145 Å². The second-order valence-corrected chi connectivity index (χ2v) is 7.25. The van der Waals surface area contributed by atoms with Gasteiger partial charge in [-0.15, -0.1) is 0 Å². The quantitative estimate of drug-likeness (QED) is 0.684. The molecule has 0 aromatic heterocycles. The van der Waals surface area contributed by atoms with Gasteiger partial charge < -0.3 is 4.90 Å². The summed E-state index contributed by atoms with van der Waals surface area (Å²) in [7, 11) is 0. The van der Waals surface area contributed by atoms with Crippen LogP contribution in [-0.4, -0.2) is 60.6 Å². The number of hydrogen-bond acceptors (Lipinski definition) is 3. The van der Waals surface area contributed by atoms with Crippen molar-refractivity contribution in [3.8, 4) is 0 Å². The summed E-state index contributed by atoms with van der Waals surface area (Å²) in [6, 6.07) is 0. The van der Waals surface area contributed by atoms with Crippen molar-refractivity contribution in [1.82, 2.24) is 14.7 Å². The first kappa shape index (κ1) is 20.2. The molecule has 2 rings (SSSR count). The smallest absolute Gasteiger partial charge is 0.0705 e. The summed E-state index contributed by atoms with van der Waals surface area (Å²) in [4.78, 5) is 7.58. The first-order chi connectivity index (χ1) is 11.0. The van der Waals surface area contributed by atoms with Crippen LogP contribution in [0.25, 0.3) is 0 Å². The lowest BCUT2D eigenvalue weighted by Crippen LogP contribution is -2.39. The van der Waals surface area contributed by atoms with Crippen LogP contribution in [0.5, 0.6) is 0 Å². The van der Waals surface area contributed by atoms with Gasteiger partial charge in [0.15, 0.2) is 0 Å². The highest BCUT2D eigenvalue weighted by Gasteiger charge is 2.25. The Morgan fingerprint density at radius 3 is 2.09 bits per heavy atom. The highest BCUT2D eigenvalue weighted by Crippen LogP contribution is 2.22. The van der Waals surface area contributed by atoms with Crippen molar-refractivity contribution in [3.05, 3.63) is 24.4 Å². The number of rotatable bonds is 6. The van der Waals surface area contributed by atoms with Gasteiger partial charge in [-0.2, -0.15) is 0 Å². The number of hydrogen-bond donors (Lipinski definition) is 0. The molecule has 0 aromatic rings. The Morgan fingerprint density at radius 2 is 1.61 bits per heavy atom. The summed E-state index contributed by atoms with van der Waals surface area (Å²) >= 11 is 0. The number of nitrogens with zero attached hydrogens (tertiary/aromatic N) is 3. The van der Waals surface area contributed by atoms with E-state index in [1.54, 1.807) is 0 Å². The van der Waals surface area contributed by atoms with Crippen LogP contribution in [-0.2, 0) is 0 Å². The molecule has 0 unspecified atom stereocenters. The third-order valence-corrected chi connectivity index (χ3v) is 5.06. The molecule has 0 amide bonds. The molecule has 0 aromatic carbocycles. The molecule has 0 bridgehead atoms. The van der Waals surface area contributed by atoms with Crippen molar-refractivity contribution >= 4 is 0 Å². The first-order valence-corrected chi connectivity index (χ1v) is 9.48. The van der Waals surface area contributed by atoms with E-state index in [0.717, 1.165) is 25.7 Å². The maximum absolute atomic E-state index is 4.21. The third-order valence-electron chi connectivity index (χ3n) is 5.06. The van der Waals surface area contributed by atoms with E-state index < -0.39 is 0 Å². The predicted octanol–water partition coefficient (Wildman–Crippen LogP) is 4.05. The van der Waals surface area contributed by atoms with Crippen molar-refractivity contribution in [2.75, 3.05) is 45.9 Å². The minimum atomic E-state index is 0.612. The Morgan fingerprint density at radius 1 is 1.00 bits per heavy atom. The molecule has 2 saturated heterocycles. The topological polar surface area (TPSA) is 9.72 Å². The Hall–Kier alpha value is -0.800. The highest BCUT2D eigenvalue weighted by molar-refractivity contribution is 5.01. The highest BCUT2D eigenvalue weighted by atomic mass is 15.4. The average Bonchev–Trinajstić information content (AvgIpc) is 3.00. The second-order valence-electron chi connectivity index (χ2n) is 7.25. The van der Waals surface area contributed by atoms with E-state index in [9.17, 15) is 0 Å². The number of piperidine rings is 1. The van der Waals surface area contributed by atoms with Crippen molar-refractivity contribution in [2.45, 2.75) is 47.5 Å². The van der Waals surface area contributed by atoms with Gasteiger partial charge in [-0.1, -0.05) is 46.4 Å². The number of allylic oxidation sites excluding steroid dienone is 1. The molecule has 23 heavy (non-hydrogen) atoms. The largest absolute Gasteiger partial charge is 0.361 e. The summed E-state index contributed by atoms with van der Waals surface area (Å²) in [6.45, 7) is 27.2. The molecule has 3 heteroatoms. The lowest BCUT2D eigenvalue weighted by Gasteiger charge is -2.34. The van der Waals surface area contributed by atoms with Crippen LogP contribution in [0.2, 0.25) is 0 Å². The lowest BCUT2D eigenvalue weighted by atomic mass is 9.95. The van der Waals surface area contributed by atoms with Gasteiger partial charge >= 0.3 is 0 Å². The Kier molecular flexibility index (Phi) is 8.93. The van der Waals surface area contributed by atoms with Gasteiger partial charge in [0.2, 0.25) is 0 Å². The van der Waals surface area contributed by atoms with Gasteiger partial charge in [0.1, 0.15) is 0 Å². The molecule has 0 spiro atoms. The lowest BCUT2D eigenvalue weighted by molar-refractivity contribution is 0.153. The fourth-order valence-corrected chi connectivity index (χ4v) is 3.27. The van der Waals surface area contributed by atoms with E-state index >= 15 is 0 Å². The molecular weight excluding hydrogens is 282 g/mol. The SMILES string of the molecule is C=C(CN1CCC(CN2CCN(C(=C)C)C2)CC1)C(C)C.CC. The summed E-state index contributed by atoms with van der Waals surface area (Å²) in [5, 5.41) is 0. The molecular formula is C20H39N3. The zero-order valence-electron chi connectivity index (χ0n) is 16.3. The van der Waals surface area contributed by atoms with E-state index in [2.05, 4.69) is 48.6 Å². The molecule has 2 aliphatic heterocycles. The van der Waals surface area contributed by atoms with Crippen LogP contribution in [0.15, 0.2) is 24.4 Å². The first-order valence-electron chi connectivity index (χ1n) is 9.48. The molecule has 0 radical (unpaired) electrons. The van der Waals surface area contributed by atoms with Crippen LogP contribution in [0.3, 0.4) is 0 Å². The molecule has 2 fully saturated rings. The van der Waals surface area contributed by atoms with E-state index in [-0.39, 0.29) is 0 Å². The molecule has 134 valence electrons. The van der Waals surface area contributed by atoms with Gasteiger partial charge in [0.25, 0.3) is 0 Å². The average molecular weight is 322 g/mol. The fourth-order valence-electron chi connectivity index (χ4n) is 3.27. The number of likely N-dealkylation sites (tertiary alicyclic amines) is 1. The summed E-state index contributed by atoms with van der Waals surface area (Å²) in [5.74, 6) is 1.49. The van der Waals surface area contributed by atoms with Crippen molar-refractivity contribution in [2.24, 2.45) is 11.8 Å². The molecule has 0 aliphatic carbocycles. The molecule has 2 aliphatic rings. The van der Waals surface area contributed by atoms with Crippen molar-refractivity contribution < 1.29 is 0 Å². The van der Waals surface area contributed by atoms with Crippen LogP contribution >= 0.6 is 0 Å². The van der Waals surface area contributed by atoms with Crippen molar-refractivity contribution in [1.29, 1.82) is 0 Å². The standard InChI is InChI=1S/C18H33N3.C2H6/c1-15(2)17(5)12-19-8-6-18(7-9-19)13-20-10-11-21(14-20)16(3)4;1-2/h15,18H,3,5-14H2,1-2,4H3;1-2H3. The fraction of sp³-hybridized carbons (Fsp3) is 0.800.